The van der Waals surface area contributed by atoms with E-state index in [4.69, 9.17) is 23.2 Å². The normalized spacial score (nSPS) is 14.6. The van der Waals surface area contributed by atoms with Crippen molar-refractivity contribution in [3.05, 3.63) is 91.2 Å². The van der Waals surface area contributed by atoms with E-state index in [0.717, 1.165) is 65.5 Å². The molecule has 0 radical (unpaired) electrons. The molecule has 0 amide bonds. The first-order valence-electron chi connectivity index (χ1n) is 12.0. The Hall–Kier alpha value is -3.10. The Labute approximate surface area is 224 Å². The fourth-order valence-electron chi connectivity index (χ4n) is 4.34. The molecule has 1 N–H and O–H groups in total. The van der Waals surface area contributed by atoms with E-state index in [0.29, 0.717) is 22.4 Å². The fraction of sp³-hybridized carbons (Fsp3) is 0.333. The SMILES string of the molecule is CCC/C=C(/C(C)=C(/C)c1nc(C(F)F)cc(=O)[nH]1)N1CCc2ncc(-c3ccc(Cl)nc3Cl)cc2C1. The van der Waals surface area contributed by atoms with Gasteiger partial charge in [0.25, 0.3) is 12.0 Å². The molecule has 0 spiro atoms. The van der Waals surface area contributed by atoms with Crippen molar-refractivity contribution in [2.75, 3.05) is 6.54 Å². The highest BCUT2D eigenvalue weighted by molar-refractivity contribution is 6.34. The van der Waals surface area contributed by atoms with Crippen molar-refractivity contribution in [2.45, 2.75) is 53.0 Å². The predicted octanol–water partition coefficient (Wildman–Crippen LogP) is 7.01. The van der Waals surface area contributed by atoms with Gasteiger partial charge in [0.2, 0.25) is 0 Å². The molecule has 3 aromatic heterocycles. The number of nitrogens with zero attached hydrogens (tertiary/aromatic N) is 4. The van der Waals surface area contributed by atoms with E-state index in [9.17, 15) is 13.6 Å². The molecule has 0 aromatic carbocycles. The lowest BCUT2D eigenvalue weighted by molar-refractivity contribution is 0.145. The van der Waals surface area contributed by atoms with E-state index < -0.39 is 17.7 Å². The smallest absolute Gasteiger partial charge is 0.280 e. The number of allylic oxidation sites excluding steroid dienone is 3. The van der Waals surface area contributed by atoms with Gasteiger partial charge in [-0.15, -0.1) is 0 Å². The summed E-state index contributed by atoms with van der Waals surface area (Å²) < 4.78 is 26.5. The molecule has 6 nitrogen and oxygen atoms in total. The minimum Gasteiger partial charge on any atom is -0.367 e. The number of rotatable bonds is 7. The zero-order valence-electron chi connectivity index (χ0n) is 20.8. The van der Waals surface area contributed by atoms with Crippen LogP contribution in [0.15, 0.2) is 52.6 Å². The van der Waals surface area contributed by atoms with Crippen LogP contribution in [0.5, 0.6) is 0 Å². The lowest BCUT2D eigenvalue weighted by Gasteiger charge is -2.33. The van der Waals surface area contributed by atoms with Crippen LogP contribution in [0.2, 0.25) is 10.3 Å². The molecule has 0 atom stereocenters. The first-order chi connectivity index (χ1) is 17.7. The van der Waals surface area contributed by atoms with E-state index in [1.54, 1.807) is 19.2 Å². The molecule has 3 aromatic rings. The van der Waals surface area contributed by atoms with Gasteiger partial charge in [-0.3, -0.25) is 9.78 Å². The van der Waals surface area contributed by atoms with Crippen LogP contribution in [0, 0.1) is 0 Å². The molecule has 10 heteroatoms. The average Bonchev–Trinajstić information content (AvgIpc) is 2.87. The third-order valence-corrected chi connectivity index (χ3v) is 6.92. The van der Waals surface area contributed by atoms with Crippen LogP contribution >= 0.6 is 23.2 Å². The van der Waals surface area contributed by atoms with Gasteiger partial charge >= 0.3 is 0 Å². The van der Waals surface area contributed by atoms with Gasteiger partial charge in [0.1, 0.15) is 21.8 Å². The number of aromatic nitrogens is 4. The van der Waals surface area contributed by atoms with E-state index >= 15 is 0 Å². The standard InChI is InChI=1S/C27H27Cl2F2N5O/c1-4-5-6-22(15(2)16(3)27-33-21(26(30)31)12-24(37)35-27)36-10-9-20-18(14-36)11-17(13-32-20)19-7-8-23(28)34-25(19)29/h6-8,11-13,26H,4-5,9-10,14H2,1-3H3,(H,33,35,37)/b16-15-,22-6-. The highest BCUT2D eigenvalue weighted by atomic mass is 35.5. The summed E-state index contributed by atoms with van der Waals surface area (Å²) in [5.74, 6) is 0.147. The Kier molecular flexibility index (Phi) is 8.39. The Bertz CT molecular complexity index is 1430. The number of hydrogen-bond donors (Lipinski definition) is 1. The molecule has 0 saturated heterocycles. The highest BCUT2D eigenvalue weighted by Crippen LogP contribution is 2.33. The first-order valence-corrected chi connectivity index (χ1v) is 12.8. The van der Waals surface area contributed by atoms with Gasteiger partial charge in [-0.2, -0.15) is 0 Å². The summed E-state index contributed by atoms with van der Waals surface area (Å²) in [5.41, 5.74) is 5.02. The Morgan fingerprint density at radius 3 is 2.70 bits per heavy atom. The van der Waals surface area contributed by atoms with Crippen molar-refractivity contribution in [3.63, 3.8) is 0 Å². The fourth-order valence-corrected chi connectivity index (χ4v) is 4.80. The molecule has 1 aliphatic heterocycles. The van der Waals surface area contributed by atoms with Gasteiger partial charge in [-0.05, 0) is 55.2 Å². The molecule has 0 bridgehead atoms. The van der Waals surface area contributed by atoms with Crippen molar-refractivity contribution in [1.29, 1.82) is 0 Å². The quantitative estimate of drug-likeness (QED) is 0.255. The van der Waals surface area contributed by atoms with E-state index in [2.05, 4.69) is 43.9 Å². The molecule has 1 aliphatic rings. The topological polar surface area (TPSA) is 74.8 Å². The molecule has 194 valence electrons. The second-order valence-electron chi connectivity index (χ2n) is 8.92. The maximum Gasteiger partial charge on any atom is 0.280 e. The van der Waals surface area contributed by atoms with E-state index in [1.807, 2.05) is 13.0 Å². The third-order valence-electron chi connectivity index (χ3n) is 6.42. The van der Waals surface area contributed by atoms with Gasteiger partial charge in [0.15, 0.2) is 0 Å². The largest absolute Gasteiger partial charge is 0.367 e. The van der Waals surface area contributed by atoms with Crippen LogP contribution in [0.4, 0.5) is 8.78 Å². The van der Waals surface area contributed by atoms with Crippen molar-refractivity contribution in [2.24, 2.45) is 0 Å². The predicted molar refractivity (Wildman–Crippen MR) is 143 cm³/mol. The molecule has 0 fully saturated rings. The van der Waals surface area contributed by atoms with Gasteiger partial charge in [-0.1, -0.05) is 42.6 Å². The first kappa shape index (κ1) is 26.9. The molecule has 0 unspecified atom stereocenters. The van der Waals surface area contributed by atoms with Gasteiger partial charge in [-0.25, -0.2) is 18.7 Å². The molecular formula is C27H27Cl2F2N5O. The number of halogens is 4. The maximum absolute atomic E-state index is 13.3. The summed E-state index contributed by atoms with van der Waals surface area (Å²) in [5, 5.41) is 0.636. The van der Waals surface area contributed by atoms with Crippen LogP contribution in [0.1, 0.15) is 62.8 Å². The zero-order chi connectivity index (χ0) is 26.7. The second-order valence-corrected chi connectivity index (χ2v) is 9.67. The zero-order valence-corrected chi connectivity index (χ0v) is 22.3. The van der Waals surface area contributed by atoms with E-state index in [1.165, 1.54) is 0 Å². The Morgan fingerprint density at radius 2 is 2.00 bits per heavy atom. The van der Waals surface area contributed by atoms with Crippen LogP contribution in [-0.4, -0.2) is 31.4 Å². The van der Waals surface area contributed by atoms with E-state index in [-0.39, 0.29) is 5.82 Å². The molecule has 4 rings (SSSR count). The lowest BCUT2D eigenvalue weighted by Crippen LogP contribution is -2.31. The second kappa shape index (κ2) is 11.5. The van der Waals surface area contributed by atoms with Crippen LogP contribution in [-0.2, 0) is 13.0 Å². The minimum atomic E-state index is -2.83. The molecule has 37 heavy (non-hydrogen) atoms. The average molecular weight is 546 g/mol. The Morgan fingerprint density at radius 1 is 1.22 bits per heavy atom. The minimum absolute atomic E-state index is 0.147. The van der Waals surface area contributed by atoms with Gasteiger partial charge in [0, 0.05) is 54.3 Å². The number of H-pyrrole nitrogens is 1. The van der Waals surface area contributed by atoms with Crippen molar-refractivity contribution in [1.82, 2.24) is 24.8 Å². The summed E-state index contributed by atoms with van der Waals surface area (Å²) >= 11 is 12.3. The van der Waals surface area contributed by atoms with Crippen molar-refractivity contribution in [3.8, 4) is 11.1 Å². The third kappa shape index (κ3) is 6.08. The number of fused-ring (bicyclic) bond motifs is 1. The molecular weight excluding hydrogens is 519 g/mol. The highest BCUT2D eigenvalue weighted by Gasteiger charge is 2.23. The Balaban J connectivity index is 1.70. The number of hydrogen-bond acceptors (Lipinski definition) is 5. The van der Waals surface area contributed by atoms with Crippen LogP contribution < -0.4 is 5.56 Å². The number of alkyl halides is 2. The van der Waals surface area contributed by atoms with Crippen molar-refractivity contribution < 1.29 is 8.78 Å². The summed E-state index contributed by atoms with van der Waals surface area (Å²) in [6, 6.07) is 6.42. The summed E-state index contributed by atoms with van der Waals surface area (Å²) in [6.45, 7) is 7.15. The van der Waals surface area contributed by atoms with Crippen molar-refractivity contribution >= 4 is 28.8 Å². The van der Waals surface area contributed by atoms with Crippen LogP contribution in [0.25, 0.3) is 16.7 Å². The number of unbranched alkanes of at least 4 members (excludes halogenated alkanes) is 1. The number of pyridine rings is 2. The summed E-state index contributed by atoms with van der Waals surface area (Å²) in [7, 11) is 0. The lowest BCUT2D eigenvalue weighted by atomic mass is 9.98. The number of aromatic amines is 1. The number of nitrogens with one attached hydrogen (secondary N) is 1. The summed E-state index contributed by atoms with van der Waals surface area (Å²) in [6.07, 6.45) is 3.66. The molecule has 0 saturated carbocycles. The maximum atomic E-state index is 13.3. The van der Waals surface area contributed by atoms with Gasteiger partial charge < -0.3 is 9.88 Å². The van der Waals surface area contributed by atoms with Crippen LogP contribution in [0.3, 0.4) is 0 Å². The monoisotopic (exact) mass is 545 g/mol. The molecule has 4 heterocycles. The summed E-state index contributed by atoms with van der Waals surface area (Å²) in [4.78, 5) is 29.7. The van der Waals surface area contributed by atoms with Gasteiger partial charge in [0.05, 0.1) is 0 Å². The molecule has 0 aliphatic carbocycles.